The number of hydrogen-bond acceptors (Lipinski definition) is 8. The lowest BCUT2D eigenvalue weighted by molar-refractivity contribution is -0.383. The number of nitrogens with zero attached hydrogens (tertiary/aromatic N) is 2. The summed E-state index contributed by atoms with van der Waals surface area (Å²) in [6.07, 6.45) is 0. The SMILES string of the molecule is O=C(COC(=O)c1csc(NCc2ccccc2)n1)Nc1cc(Cl)ccc1[N+](=O)[O-]. The number of thiazole rings is 1. The fraction of sp³-hybridized carbons (Fsp3) is 0.105. The minimum Gasteiger partial charge on any atom is -0.451 e. The van der Waals surface area contributed by atoms with Crippen molar-refractivity contribution in [3.05, 3.63) is 80.3 Å². The van der Waals surface area contributed by atoms with Crippen molar-refractivity contribution in [3.8, 4) is 0 Å². The molecule has 9 nitrogen and oxygen atoms in total. The Hall–Kier alpha value is -3.50. The number of nitro groups is 1. The molecule has 0 aliphatic heterocycles. The quantitative estimate of drug-likeness (QED) is 0.303. The largest absolute Gasteiger partial charge is 0.451 e. The molecule has 30 heavy (non-hydrogen) atoms. The van der Waals surface area contributed by atoms with Crippen molar-refractivity contribution in [3.63, 3.8) is 0 Å². The number of benzene rings is 2. The van der Waals surface area contributed by atoms with E-state index in [2.05, 4.69) is 15.6 Å². The van der Waals surface area contributed by atoms with Gasteiger partial charge in [0.05, 0.1) is 4.92 Å². The molecule has 0 atom stereocenters. The number of rotatable bonds is 8. The van der Waals surface area contributed by atoms with E-state index in [9.17, 15) is 19.7 Å². The number of anilines is 2. The predicted molar refractivity (Wildman–Crippen MR) is 113 cm³/mol. The van der Waals surface area contributed by atoms with Crippen LogP contribution in [0.3, 0.4) is 0 Å². The molecule has 0 unspecified atom stereocenters. The molecule has 3 rings (SSSR count). The summed E-state index contributed by atoms with van der Waals surface area (Å²) in [4.78, 5) is 38.6. The molecule has 1 amide bonds. The van der Waals surface area contributed by atoms with Crippen LogP contribution >= 0.6 is 22.9 Å². The normalized spacial score (nSPS) is 10.3. The highest BCUT2D eigenvalue weighted by Gasteiger charge is 2.18. The number of halogens is 1. The molecule has 2 N–H and O–H groups in total. The lowest BCUT2D eigenvalue weighted by Gasteiger charge is -2.07. The van der Waals surface area contributed by atoms with Gasteiger partial charge < -0.3 is 15.4 Å². The fourth-order valence-electron chi connectivity index (χ4n) is 2.38. The van der Waals surface area contributed by atoms with Gasteiger partial charge in [0.15, 0.2) is 17.4 Å². The van der Waals surface area contributed by atoms with Crippen LogP contribution in [0.5, 0.6) is 0 Å². The molecular weight excluding hydrogens is 432 g/mol. The molecule has 0 aliphatic carbocycles. The molecule has 0 radical (unpaired) electrons. The van der Waals surface area contributed by atoms with Gasteiger partial charge in [0.2, 0.25) is 0 Å². The van der Waals surface area contributed by atoms with E-state index in [0.29, 0.717) is 11.7 Å². The summed E-state index contributed by atoms with van der Waals surface area (Å²) in [6.45, 7) is -0.0868. The molecule has 0 saturated carbocycles. The fourth-order valence-corrected chi connectivity index (χ4v) is 3.23. The second kappa shape index (κ2) is 9.81. The van der Waals surface area contributed by atoms with Crippen LogP contribution in [0.1, 0.15) is 16.1 Å². The van der Waals surface area contributed by atoms with Crippen LogP contribution in [0.4, 0.5) is 16.5 Å². The van der Waals surface area contributed by atoms with E-state index in [-0.39, 0.29) is 22.1 Å². The monoisotopic (exact) mass is 446 g/mol. The van der Waals surface area contributed by atoms with Crippen molar-refractivity contribution in [2.75, 3.05) is 17.2 Å². The van der Waals surface area contributed by atoms with Gasteiger partial charge >= 0.3 is 5.97 Å². The topological polar surface area (TPSA) is 123 Å². The second-order valence-corrected chi connectivity index (χ2v) is 7.21. The third-order valence-corrected chi connectivity index (χ3v) is 4.80. The number of esters is 1. The first-order valence-electron chi connectivity index (χ1n) is 8.56. The van der Waals surface area contributed by atoms with Gasteiger partial charge in [-0.3, -0.25) is 14.9 Å². The van der Waals surface area contributed by atoms with Crippen LogP contribution < -0.4 is 10.6 Å². The van der Waals surface area contributed by atoms with Crippen molar-refractivity contribution in [2.45, 2.75) is 6.54 Å². The molecule has 3 aromatic rings. The number of amides is 1. The van der Waals surface area contributed by atoms with Crippen LogP contribution in [0.25, 0.3) is 0 Å². The van der Waals surface area contributed by atoms with Crippen molar-refractivity contribution in [1.82, 2.24) is 4.98 Å². The Labute approximate surface area is 179 Å². The Morgan fingerprint density at radius 3 is 2.70 bits per heavy atom. The Morgan fingerprint density at radius 1 is 1.20 bits per heavy atom. The Balaban J connectivity index is 1.52. The first-order chi connectivity index (χ1) is 14.4. The zero-order valence-electron chi connectivity index (χ0n) is 15.3. The van der Waals surface area contributed by atoms with Gasteiger partial charge in [-0.05, 0) is 17.7 Å². The smallest absolute Gasteiger partial charge is 0.358 e. The first kappa shape index (κ1) is 21.2. The first-order valence-corrected chi connectivity index (χ1v) is 9.82. The van der Waals surface area contributed by atoms with Crippen LogP contribution in [0.2, 0.25) is 5.02 Å². The average molecular weight is 447 g/mol. The number of ether oxygens (including phenoxy) is 1. The third-order valence-electron chi connectivity index (χ3n) is 3.76. The maximum atomic E-state index is 12.1. The van der Waals surface area contributed by atoms with Gasteiger partial charge in [-0.15, -0.1) is 11.3 Å². The predicted octanol–water partition coefficient (Wildman–Crippen LogP) is 4.11. The second-order valence-electron chi connectivity index (χ2n) is 5.92. The molecule has 0 aliphatic rings. The Bertz CT molecular complexity index is 1070. The highest BCUT2D eigenvalue weighted by Crippen LogP contribution is 2.27. The van der Waals surface area contributed by atoms with Crippen LogP contribution in [0, 0.1) is 10.1 Å². The van der Waals surface area contributed by atoms with Gasteiger partial charge in [-0.2, -0.15) is 0 Å². The summed E-state index contributed by atoms with van der Waals surface area (Å²) in [6, 6.07) is 13.4. The Kier molecular flexibility index (Phi) is 6.94. The third kappa shape index (κ3) is 5.75. The van der Waals surface area contributed by atoms with Crippen LogP contribution in [-0.4, -0.2) is 28.4 Å². The van der Waals surface area contributed by atoms with E-state index in [4.69, 9.17) is 16.3 Å². The summed E-state index contributed by atoms with van der Waals surface area (Å²) in [5.41, 5.74) is 0.697. The summed E-state index contributed by atoms with van der Waals surface area (Å²) in [5.74, 6) is -1.53. The molecule has 0 spiro atoms. The van der Waals surface area contributed by atoms with Crippen molar-refractivity contribution in [2.24, 2.45) is 0 Å². The lowest BCUT2D eigenvalue weighted by atomic mass is 10.2. The van der Waals surface area contributed by atoms with Crippen molar-refractivity contribution >= 4 is 51.3 Å². The molecule has 0 bridgehead atoms. The van der Waals surface area contributed by atoms with Crippen LogP contribution in [-0.2, 0) is 16.1 Å². The highest BCUT2D eigenvalue weighted by atomic mass is 35.5. The van der Waals surface area contributed by atoms with E-state index < -0.39 is 23.4 Å². The van der Waals surface area contributed by atoms with Crippen molar-refractivity contribution in [1.29, 1.82) is 0 Å². The van der Waals surface area contributed by atoms with E-state index in [1.807, 2.05) is 30.3 Å². The summed E-state index contributed by atoms with van der Waals surface area (Å²) >= 11 is 7.03. The Morgan fingerprint density at radius 2 is 1.97 bits per heavy atom. The molecule has 2 aromatic carbocycles. The summed E-state index contributed by atoms with van der Waals surface area (Å²) in [7, 11) is 0. The van der Waals surface area contributed by atoms with Gasteiger partial charge in [0.1, 0.15) is 5.69 Å². The van der Waals surface area contributed by atoms with Gasteiger partial charge in [-0.1, -0.05) is 41.9 Å². The number of hydrogen-bond donors (Lipinski definition) is 2. The standard InChI is InChI=1S/C19H15ClN4O5S/c20-13-6-7-16(24(27)28)14(8-13)22-17(25)10-29-18(26)15-11-30-19(23-15)21-9-12-4-2-1-3-5-12/h1-8,11H,9-10H2,(H,21,23)(H,22,25). The van der Waals surface area contributed by atoms with Gasteiger partial charge in [0, 0.05) is 23.0 Å². The van der Waals surface area contributed by atoms with Crippen molar-refractivity contribution < 1.29 is 19.2 Å². The molecule has 154 valence electrons. The maximum Gasteiger partial charge on any atom is 0.358 e. The minimum atomic E-state index is -0.783. The number of nitro benzene ring substituents is 1. The summed E-state index contributed by atoms with van der Waals surface area (Å²) in [5, 5.41) is 18.7. The molecule has 1 heterocycles. The molecule has 11 heteroatoms. The zero-order valence-corrected chi connectivity index (χ0v) is 16.9. The maximum absolute atomic E-state index is 12.1. The molecule has 0 saturated heterocycles. The highest BCUT2D eigenvalue weighted by molar-refractivity contribution is 7.13. The number of carbonyl (C=O) groups excluding carboxylic acids is 2. The average Bonchev–Trinajstić information content (AvgIpc) is 3.20. The molecule has 1 aromatic heterocycles. The number of carbonyl (C=O) groups is 2. The van der Waals surface area contributed by atoms with E-state index in [0.717, 1.165) is 5.56 Å². The minimum absolute atomic E-state index is 0.0529. The lowest BCUT2D eigenvalue weighted by Crippen LogP contribution is -2.21. The molecule has 0 fully saturated rings. The molecular formula is C19H15ClN4O5S. The van der Waals surface area contributed by atoms with Gasteiger partial charge in [-0.25, -0.2) is 9.78 Å². The van der Waals surface area contributed by atoms with E-state index >= 15 is 0 Å². The van der Waals surface area contributed by atoms with Crippen LogP contribution in [0.15, 0.2) is 53.9 Å². The van der Waals surface area contributed by atoms with Gasteiger partial charge in [0.25, 0.3) is 11.6 Å². The number of aromatic nitrogens is 1. The zero-order chi connectivity index (χ0) is 21.5. The van der Waals surface area contributed by atoms with E-state index in [1.54, 1.807) is 0 Å². The summed E-state index contributed by atoms with van der Waals surface area (Å²) < 4.78 is 4.93. The number of nitrogens with one attached hydrogen (secondary N) is 2. The van der Waals surface area contributed by atoms with E-state index in [1.165, 1.54) is 34.9 Å².